The summed E-state index contributed by atoms with van der Waals surface area (Å²) in [6, 6.07) is 1.52. The fraction of sp³-hybridized carbons (Fsp3) is 0.364. The number of non-ortho nitro benzene ring substituents is 1. The molecule has 1 saturated heterocycles. The maximum Gasteiger partial charge on any atom is 0.271 e. The maximum atomic E-state index is 12.1. The molecule has 2 rings (SSSR count). The number of rotatable bonds is 3. The molecule has 10 heteroatoms. The molecule has 114 valence electrons. The Balaban J connectivity index is 2.25. The van der Waals surface area contributed by atoms with E-state index >= 15 is 0 Å². The largest absolute Gasteiger partial charge is 0.348 e. The SMILES string of the molecule is O=C(NC1CCS(=O)(=O)C1)c1cc([N+](=O)[O-])cc(Cl)c1Cl. The predicted octanol–water partition coefficient (Wildman–Crippen LogP) is 1.82. The van der Waals surface area contributed by atoms with Crippen molar-refractivity contribution in [3.05, 3.63) is 37.9 Å². The van der Waals surface area contributed by atoms with Gasteiger partial charge in [-0.3, -0.25) is 14.9 Å². The van der Waals surface area contributed by atoms with E-state index in [-0.39, 0.29) is 32.8 Å². The lowest BCUT2D eigenvalue weighted by Crippen LogP contribution is -2.35. The van der Waals surface area contributed by atoms with Gasteiger partial charge < -0.3 is 5.32 Å². The fourth-order valence-electron chi connectivity index (χ4n) is 2.02. The van der Waals surface area contributed by atoms with Gasteiger partial charge in [-0.05, 0) is 6.42 Å². The molecule has 0 aromatic heterocycles. The molecule has 7 nitrogen and oxygen atoms in total. The third-order valence-electron chi connectivity index (χ3n) is 3.04. The zero-order valence-corrected chi connectivity index (χ0v) is 12.8. The molecule has 1 unspecified atom stereocenters. The van der Waals surface area contributed by atoms with Gasteiger partial charge in [-0.2, -0.15) is 0 Å². The minimum atomic E-state index is -3.15. The summed E-state index contributed by atoms with van der Waals surface area (Å²) < 4.78 is 22.7. The van der Waals surface area contributed by atoms with Crippen molar-refractivity contribution >= 4 is 44.6 Å². The molecule has 1 aromatic carbocycles. The summed E-state index contributed by atoms with van der Waals surface area (Å²) in [6.07, 6.45) is 0.300. The summed E-state index contributed by atoms with van der Waals surface area (Å²) >= 11 is 11.6. The van der Waals surface area contributed by atoms with E-state index < -0.39 is 26.7 Å². The first-order chi connectivity index (χ1) is 9.69. The minimum absolute atomic E-state index is 0.00136. The number of nitro groups is 1. The smallest absolute Gasteiger partial charge is 0.271 e. The van der Waals surface area contributed by atoms with E-state index in [1.54, 1.807) is 0 Å². The van der Waals surface area contributed by atoms with Gasteiger partial charge in [-0.25, -0.2) is 8.42 Å². The molecular weight excluding hydrogens is 343 g/mol. The van der Waals surface area contributed by atoms with E-state index in [1.165, 1.54) is 0 Å². The van der Waals surface area contributed by atoms with E-state index in [0.717, 1.165) is 12.1 Å². The van der Waals surface area contributed by atoms with Gasteiger partial charge in [0.2, 0.25) is 0 Å². The molecule has 0 radical (unpaired) electrons. The third-order valence-corrected chi connectivity index (χ3v) is 5.61. The Morgan fingerprint density at radius 1 is 1.38 bits per heavy atom. The van der Waals surface area contributed by atoms with Crippen LogP contribution in [-0.2, 0) is 9.84 Å². The molecule has 0 aliphatic carbocycles. The molecule has 21 heavy (non-hydrogen) atoms. The molecule has 1 heterocycles. The van der Waals surface area contributed by atoms with Crippen LogP contribution >= 0.6 is 23.2 Å². The van der Waals surface area contributed by atoms with E-state index in [2.05, 4.69) is 5.32 Å². The molecule has 1 atom stereocenters. The fourth-order valence-corrected chi connectivity index (χ4v) is 4.10. The summed E-state index contributed by atoms with van der Waals surface area (Å²) in [5, 5.41) is 13.0. The number of nitrogens with zero attached hydrogens (tertiary/aromatic N) is 1. The predicted molar refractivity (Wildman–Crippen MR) is 77.6 cm³/mol. The average Bonchev–Trinajstić information content (AvgIpc) is 2.71. The van der Waals surface area contributed by atoms with Crippen molar-refractivity contribution in [2.75, 3.05) is 11.5 Å². The zero-order valence-electron chi connectivity index (χ0n) is 10.5. The second-order valence-corrected chi connectivity index (χ2v) is 7.63. The van der Waals surface area contributed by atoms with Crippen LogP contribution in [0, 0.1) is 10.1 Å². The van der Waals surface area contributed by atoms with Crippen LogP contribution < -0.4 is 5.32 Å². The molecule has 1 N–H and O–H groups in total. The Hall–Kier alpha value is -1.38. The zero-order chi connectivity index (χ0) is 15.8. The van der Waals surface area contributed by atoms with Crippen molar-refractivity contribution in [2.24, 2.45) is 0 Å². The molecule has 1 aliphatic heterocycles. The molecule has 1 fully saturated rings. The van der Waals surface area contributed by atoms with E-state index in [4.69, 9.17) is 23.2 Å². The van der Waals surface area contributed by atoms with Crippen molar-refractivity contribution in [2.45, 2.75) is 12.5 Å². The number of carbonyl (C=O) groups excluding carboxylic acids is 1. The van der Waals surface area contributed by atoms with Crippen LogP contribution in [0.1, 0.15) is 16.8 Å². The number of hydrogen-bond acceptors (Lipinski definition) is 5. The first kappa shape index (κ1) is 16.0. The van der Waals surface area contributed by atoms with Gasteiger partial charge in [0.25, 0.3) is 11.6 Å². The molecule has 0 saturated carbocycles. The van der Waals surface area contributed by atoms with Gasteiger partial charge in [-0.1, -0.05) is 23.2 Å². The number of nitro benzene ring substituents is 1. The third kappa shape index (κ3) is 3.63. The lowest BCUT2D eigenvalue weighted by atomic mass is 10.1. The van der Waals surface area contributed by atoms with Crippen LogP contribution in [0.25, 0.3) is 0 Å². The number of benzene rings is 1. The summed E-state index contributed by atoms with van der Waals surface area (Å²) in [7, 11) is -3.15. The van der Waals surface area contributed by atoms with Gasteiger partial charge in [0.15, 0.2) is 9.84 Å². The monoisotopic (exact) mass is 352 g/mol. The molecular formula is C11H10Cl2N2O5S. The van der Waals surface area contributed by atoms with Crippen molar-refractivity contribution in [1.82, 2.24) is 5.32 Å². The molecule has 0 bridgehead atoms. The quantitative estimate of drug-likeness (QED) is 0.659. The Morgan fingerprint density at radius 3 is 2.57 bits per heavy atom. The Labute approximate surface area is 130 Å². The van der Waals surface area contributed by atoms with Gasteiger partial charge in [0.1, 0.15) is 0 Å². The van der Waals surface area contributed by atoms with Crippen molar-refractivity contribution < 1.29 is 18.1 Å². The average molecular weight is 353 g/mol. The number of carbonyl (C=O) groups is 1. The topological polar surface area (TPSA) is 106 Å². The Kier molecular flexibility index (Phi) is 4.40. The van der Waals surface area contributed by atoms with Gasteiger partial charge in [0.05, 0.1) is 32.0 Å². The van der Waals surface area contributed by atoms with Crippen molar-refractivity contribution in [1.29, 1.82) is 0 Å². The molecule has 0 spiro atoms. The van der Waals surface area contributed by atoms with Gasteiger partial charge in [0, 0.05) is 18.2 Å². The number of halogens is 2. The number of sulfone groups is 1. The second-order valence-electron chi connectivity index (χ2n) is 4.62. The number of nitrogens with one attached hydrogen (secondary N) is 1. The summed E-state index contributed by atoms with van der Waals surface area (Å²) in [5.41, 5.74) is -0.520. The minimum Gasteiger partial charge on any atom is -0.348 e. The lowest BCUT2D eigenvalue weighted by molar-refractivity contribution is -0.384. The van der Waals surface area contributed by atoms with Crippen LogP contribution in [0.4, 0.5) is 5.69 Å². The Bertz CT molecular complexity index is 720. The van der Waals surface area contributed by atoms with Crippen molar-refractivity contribution in [3.63, 3.8) is 0 Å². The highest BCUT2D eigenvalue weighted by atomic mass is 35.5. The Morgan fingerprint density at radius 2 is 2.05 bits per heavy atom. The van der Waals surface area contributed by atoms with E-state index in [9.17, 15) is 23.3 Å². The lowest BCUT2D eigenvalue weighted by Gasteiger charge is -2.12. The van der Waals surface area contributed by atoms with Gasteiger partial charge in [-0.15, -0.1) is 0 Å². The highest BCUT2D eigenvalue weighted by Crippen LogP contribution is 2.31. The van der Waals surface area contributed by atoms with E-state index in [0.29, 0.717) is 6.42 Å². The summed E-state index contributed by atoms with van der Waals surface area (Å²) in [5.74, 6) is -0.840. The number of amides is 1. The molecule has 1 aromatic rings. The summed E-state index contributed by atoms with van der Waals surface area (Å²) in [6.45, 7) is 0. The highest BCUT2D eigenvalue weighted by molar-refractivity contribution is 7.91. The van der Waals surface area contributed by atoms with Crippen LogP contribution in [0.2, 0.25) is 10.0 Å². The second kappa shape index (κ2) is 5.78. The van der Waals surface area contributed by atoms with Crippen LogP contribution in [0.3, 0.4) is 0 Å². The first-order valence-electron chi connectivity index (χ1n) is 5.84. The normalized spacial score (nSPS) is 20.2. The van der Waals surface area contributed by atoms with Crippen LogP contribution in [-0.4, -0.2) is 36.8 Å². The standard InChI is InChI=1S/C11H10Cl2N2O5S/c12-9-4-7(15(17)18)3-8(10(9)13)11(16)14-6-1-2-21(19,20)5-6/h3-4,6H,1-2,5H2,(H,14,16). The number of hydrogen-bond donors (Lipinski definition) is 1. The maximum absolute atomic E-state index is 12.1. The van der Waals surface area contributed by atoms with Crippen LogP contribution in [0.5, 0.6) is 0 Å². The highest BCUT2D eigenvalue weighted by Gasteiger charge is 2.30. The molecule has 1 aliphatic rings. The van der Waals surface area contributed by atoms with Crippen molar-refractivity contribution in [3.8, 4) is 0 Å². The summed E-state index contributed by atoms with van der Waals surface area (Å²) in [4.78, 5) is 22.2. The van der Waals surface area contributed by atoms with Gasteiger partial charge >= 0.3 is 0 Å². The van der Waals surface area contributed by atoms with E-state index in [1.807, 2.05) is 0 Å². The van der Waals surface area contributed by atoms with Crippen LogP contribution in [0.15, 0.2) is 12.1 Å². The first-order valence-corrected chi connectivity index (χ1v) is 8.42. The molecule has 1 amide bonds.